The van der Waals surface area contributed by atoms with Gasteiger partial charge in [-0.3, -0.25) is 24.6 Å². The summed E-state index contributed by atoms with van der Waals surface area (Å²) in [7, 11) is 0. The number of carbonyl (C=O) groups excluding carboxylic acids is 2. The standard InChI is InChI=1S/C24H17BrN2O5S/c25-21-7-2-1-5-18(21)14-26-23(28)22(33-24(26)29)13-17-4-3-6-20(12-17)32-15-16-8-10-19(11-9-16)27(30)31/h1-13H,14-15H2/b22-13-. The second-order valence-corrected chi connectivity index (χ2v) is 8.99. The SMILES string of the molecule is O=C1S/C(=C\c2cccc(OCc3ccc([N+](=O)[O-])cc3)c2)C(=O)N1Cc1ccccc1Br. The lowest BCUT2D eigenvalue weighted by Crippen LogP contribution is -2.27. The lowest BCUT2D eigenvalue weighted by molar-refractivity contribution is -0.384. The van der Waals surface area contributed by atoms with Crippen LogP contribution in [0.3, 0.4) is 0 Å². The summed E-state index contributed by atoms with van der Waals surface area (Å²) in [4.78, 5) is 37.1. The van der Waals surface area contributed by atoms with Crippen LogP contribution in [0.1, 0.15) is 16.7 Å². The van der Waals surface area contributed by atoms with Gasteiger partial charge < -0.3 is 4.74 Å². The fourth-order valence-electron chi connectivity index (χ4n) is 3.16. The van der Waals surface area contributed by atoms with Crippen molar-refractivity contribution in [2.45, 2.75) is 13.2 Å². The molecule has 1 fully saturated rings. The summed E-state index contributed by atoms with van der Waals surface area (Å²) in [5.41, 5.74) is 2.39. The Bertz CT molecular complexity index is 1260. The zero-order chi connectivity index (χ0) is 23.4. The van der Waals surface area contributed by atoms with Crippen LogP contribution >= 0.6 is 27.7 Å². The third kappa shape index (κ3) is 5.50. The third-order valence-corrected chi connectivity index (χ3v) is 6.55. The van der Waals surface area contributed by atoms with Gasteiger partial charge in [-0.1, -0.05) is 46.3 Å². The maximum absolute atomic E-state index is 12.8. The molecule has 0 atom stereocenters. The Hall–Kier alpha value is -3.43. The number of nitro benzene ring substituents is 1. The van der Waals surface area contributed by atoms with Crippen LogP contribution in [0.4, 0.5) is 10.5 Å². The Morgan fingerprint density at radius 1 is 1.03 bits per heavy atom. The number of imide groups is 1. The van der Waals surface area contributed by atoms with Crippen LogP contribution < -0.4 is 4.74 Å². The molecule has 0 aromatic heterocycles. The van der Waals surface area contributed by atoms with Crippen molar-refractivity contribution in [3.05, 3.63) is 109 Å². The van der Waals surface area contributed by atoms with Crippen LogP contribution in [-0.4, -0.2) is 21.0 Å². The van der Waals surface area contributed by atoms with E-state index in [9.17, 15) is 19.7 Å². The molecule has 0 saturated carbocycles. The maximum atomic E-state index is 12.8. The molecular weight excluding hydrogens is 508 g/mol. The highest BCUT2D eigenvalue weighted by atomic mass is 79.9. The monoisotopic (exact) mass is 524 g/mol. The molecule has 0 spiro atoms. The highest BCUT2D eigenvalue weighted by Crippen LogP contribution is 2.34. The molecule has 1 aliphatic rings. The first-order chi connectivity index (χ1) is 15.9. The van der Waals surface area contributed by atoms with E-state index in [0.29, 0.717) is 10.7 Å². The number of amides is 2. The normalized spacial score (nSPS) is 14.7. The van der Waals surface area contributed by atoms with Gasteiger partial charge >= 0.3 is 0 Å². The van der Waals surface area contributed by atoms with E-state index in [2.05, 4.69) is 15.9 Å². The Morgan fingerprint density at radius 3 is 2.52 bits per heavy atom. The van der Waals surface area contributed by atoms with E-state index < -0.39 is 4.92 Å². The molecule has 3 aromatic rings. The molecule has 1 aliphatic heterocycles. The molecule has 3 aromatic carbocycles. The molecule has 0 N–H and O–H groups in total. The summed E-state index contributed by atoms with van der Waals surface area (Å²) in [5, 5.41) is 10.4. The van der Waals surface area contributed by atoms with E-state index in [0.717, 1.165) is 32.9 Å². The van der Waals surface area contributed by atoms with E-state index in [1.807, 2.05) is 30.3 Å². The van der Waals surface area contributed by atoms with Crippen LogP contribution in [0.5, 0.6) is 5.75 Å². The van der Waals surface area contributed by atoms with Gasteiger partial charge in [-0.05, 0) is 64.9 Å². The number of benzene rings is 3. The molecule has 0 radical (unpaired) electrons. The minimum atomic E-state index is -0.450. The van der Waals surface area contributed by atoms with Gasteiger partial charge in [-0.25, -0.2) is 0 Å². The third-order valence-electron chi connectivity index (χ3n) is 4.87. The van der Waals surface area contributed by atoms with E-state index in [-0.39, 0.29) is 30.0 Å². The quantitative estimate of drug-likeness (QED) is 0.208. The van der Waals surface area contributed by atoms with Crippen molar-refractivity contribution in [3.8, 4) is 5.75 Å². The Kier molecular flexibility index (Phi) is 6.90. The Balaban J connectivity index is 1.44. The summed E-state index contributed by atoms with van der Waals surface area (Å²) in [6.07, 6.45) is 1.67. The van der Waals surface area contributed by atoms with Crippen molar-refractivity contribution in [2.75, 3.05) is 0 Å². The van der Waals surface area contributed by atoms with Gasteiger partial charge in [0, 0.05) is 16.6 Å². The van der Waals surface area contributed by atoms with Crippen molar-refractivity contribution < 1.29 is 19.2 Å². The first kappa shape index (κ1) is 22.8. The molecular formula is C24H17BrN2O5S. The summed E-state index contributed by atoms with van der Waals surface area (Å²) in [6, 6.07) is 20.8. The number of nitro groups is 1. The van der Waals surface area contributed by atoms with Crippen LogP contribution in [0.2, 0.25) is 0 Å². The predicted molar refractivity (Wildman–Crippen MR) is 130 cm³/mol. The fourth-order valence-corrected chi connectivity index (χ4v) is 4.41. The Morgan fingerprint density at radius 2 is 1.79 bits per heavy atom. The van der Waals surface area contributed by atoms with Crippen molar-refractivity contribution in [1.29, 1.82) is 0 Å². The van der Waals surface area contributed by atoms with E-state index in [1.165, 1.54) is 17.0 Å². The zero-order valence-electron chi connectivity index (χ0n) is 17.1. The number of halogens is 1. The molecule has 1 saturated heterocycles. The topological polar surface area (TPSA) is 89.7 Å². The molecule has 2 amide bonds. The Labute approximate surface area is 202 Å². The smallest absolute Gasteiger partial charge is 0.293 e. The number of ether oxygens (including phenoxy) is 1. The molecule has 4 rings (SSSR count). The van der Waals surface area contributed by atoms with Crippen molar-refractivity contribution in [1.82, 2.24) is 4.90 Å². The summed E-state index contributed by atoms with van der Waals surface area (Å²) in [6.45, 7) is 0.436. The van der Waals surface area contributed by atoms with Gasteiger partial charge in [0.05, 0.1) is 16.4 Å². The number of non-ortho nitro benzene ring substituents is 1. The van der Waals surface area contributed by atoms with Gasteiger partial charge in [0.15, 0.2) is 0 Å². The number of thioether (sulfide) groups is 1. The van der Waals surface area contributed by atoms with Gasteiger partial charge in [0.2, 0.25) is 0 Å². The van der Waals surface area contributed by atoms with Crippen molar-refractivity contribution in [2.24, 2.45) is 0 Å². The summed E-state index contributed by atoms with van der Waals surface area (Å²) < 4.78 is 6.62. The average molecular weight is 525 g/mol. The number of carbonyl (C=O) groups is 2. The summed E-state index contributed by atoms with van der Waals surface area (Å²) in [5.74, 6) is 0.243. The molecule has 0 unspecified atom stereocenters. The van der Waals surface area contributed by atoms with Gasteiger partial charge in [-0.15, -0.1) is 0 Å². The van der Waals surface area contributed by atoms with Gasteiger partial charge in [0.25, 0.3) is 16.8 Å². The van der Waals surface area contributed by atoms with Crippen molar-refractivity contribution >= 4 is 50.6 Å². The molecule has 0 aliphatic carbocycles. The molecule has 9 heteroatoms. The second kappa shape index (κ2) is 10.0. The highest BCUT2D eigenvalue weighted by molar-refractivity contribution is 9.10. The molecule has 33 heavy (non-hydrogen) atoms. The van der Waals surface area contributed by atoms with Crippen LogP contribution in [0.25, 0.3) is 6.08 Å². The van der Waals surface area contributed by atoms with Crippen LogP contribution in [0, 0.1) is 10.1 Å². The molecule has 0 bridgehead atoms. The number of rotatable bonds is 7. The van der Waals surface area contributed by atoms with Gasteiger partial charge in [-0.2, -0.15) is 0 Å². The number of hydrogen-bond donors (Lipinski definition) is 0. The fraction of sp³-hybridized carbons (Fsp3) is 0.0833. The first-order valence-electron chi connectivity index (χ1n) is 9.86. The van der Waals surface area contributed by atoms with Crippen LogP contribution in [-0.2, 0) is 17.9 Å². The lowest BCUT2D eigenvalue weighted by atomic mass is 10.2. The minimum Gasteiger partial charge on any atom is -0.489 e. The summed E-state index contributed by atoms with van der Waals surface area (Å²) >= 11 is 4.36. The lowest BCUT2D eigenvalue weighted by Gasteiger charge is -2.13. The van der Waals surface area contributed by atoms with Gasteiger partial charge in [0.1, 0.15) is 12.4 Å². The minimum absolute atomic E-state index is 0.0225. The van der Waals surface area contributed by atoms with E-state index >= 15 is 0 Å². The number of nitrogens with zero attached hydrogens (tertiary/aromatic N) is 2. The maximum Gasteiger partial charge on any atom is 0.293 e. The average Bonchev–Trinajstić information content (AvgIpc) is 3.07. The van der Waals surface area contributed by atoms with Crippen molar-refractivity contribution in [3.63, 3.8) is 0 Å². The predicted octanol–water partition coefficient (Wildman–Crippen LogP) is 6.17. The number of hydrogen-bond acceptors (Lipinski definition) is 6. The molecule has 1 heterocycles. The second-order valence-electron chi connectivity index (χ2n) is 7.14. The largest absolute Gasteiger partial charge is 0.489 e. The highest BCUT2D eigenvalue weighted by Gasteiger charge is 2.35. The molecule has 7 nitrogen and oxygen atoms in total. The van der Waals surface area contributed by atoms with E-state index in [1.54, 1.807) is 36.4 Å². The molecule has 166 valence electrons. The van der Waals surface area contributed by atoms with Crippen LogP contribution in [0.15, 0.2) is 82.2 Å². The first-order valence-corrected chi connectivity index (χ1v) is 11.5. The van der Waals surface area contributed by atoms with E-state index in [4.69, 9.17) is 4.74 Å². The zero-order valence-corrected chi connectivity index (χ0v) is 19.5.